The average molecular weight is 235 g/mol. The predicted octanol–water partition coefficient (Wildman–Crippen LogP) is 4.25. The minimum Gasteiger partial charge on any atom is -0.487 e. The van der Waals surface area contributed by atoms with Gasteiger partial charge < -0.3 is 10.5 Å². The summed E-state index contributed by atoms with van der Waals surface area (Å²) in [4.78, 5) is 0. The van der Waals surface area contributed by atoms with Crippen LogP contribution in [0.5, 0.6) is 5.75 Å². The fraction of sp³-hybridized carbons (Fsp3) is 0.600. The first-order chi connectivity index (χ1) is 7.78. The molecular formula is C15H25NO. The maximum atomic E-state index is 6.12. The Balaban J connectivity index is 2.85. The lowest BCUT2D eigenvalue weighted by atomic mass is 9.74. The second-order valence-electron chi connectivity index (χ2n) is 5.82. The number of hydrogen-bond donors (Lipinski definition) is 1. The summed E-state index contributed by atoms with van der Waals surface area (Å²) < 4.78 is 6.12. The fourth-order valence-corrected chi connectivity index (χ4v) is 1.94. The summed E-state index contributed by atoms with van der Waals surface area (Å²) >= 11 is 0. The fourth-order valence-electron chi connectivity index (χ4n) is 1.94. The molecule has 0 aliphatic heterocycles. The van der Waals surface area contributed by atoms with Crippen molar-refractivity contribution in [2.75, 3.05) is 5.73 Å². The molecular weight excluding hydrogens is 210 g/mol. The molecule has 1 aromatic carbocycles. The van der Waals surface area contributed by atoms with E-state index in [4.69, 9.17) is 10.5 Å². The van der Waals surface area contributed by atoms with Crippen molar-refractivity contribution in [2.45, 2.75) is 53.1 Å². The van der Waals surface area contributed by atoms with Crippen molar-refractivity contribution in [1.82, 2.24) is 0 Å². The van der Waals surface area contributed by atoms with E-state index in [9.17, 15) is 0 Å². The van der Waals surface area contributed by atoms with Crippen LogP contribution in [-0.2, 0) is 0 Å². The second kappa shape index (κ2) is 4.99. The Morgan fingerprint density at radius 1 is 1.18 bits per heavy atom. The molecule has 0 saturated heterocycles. The largest absolute Gasteiger partial charge is 0.487 e. The summed E-state index contributed by atoms with van der Waals surface area (Å²) in [6.45, 7) is 11.0. The van der Waals surface area contributed by atoms with E-state index in [1.54, 1.807) is 0 Å². The molecule has 0 amide bonds. The summed E-state index contributed by atoms with van der Waals surface area (Å²) in [5, 5.41) is 0. The SMILES string of the molecule is CCCC(C)(C)C(C)(C)Oc1cccc(N)c1. The lowest BCUT2D eigenvalue weighted by Gasteiger charge is -2.41. The van der Waals surface area contributed by atoms with E-state index >= 15 is 0 Å². The Morgan fingerprint density at radius 3 is 2.35 bits per heavy atom. The van der Waals surface area contributed by atoms with Gasteiger partial charge in [0.25, 0.3) is 0 Å². The molecule has 96 valence electrons. The quantitative estimate of drug-likeness (QED) is 0.774. The molecule has 0 atom stereocenters. The van der Waals surface area contributed by atoms with Crippen molar-refractivity contribution >= 4 is 5.69 Å². The Morgan fingerprint density at radius 2 is 1.82 bits per heavy atom. The van der Waals surface area contributed by atoms with Crippen LogP contribution in [0.15, 0.2) is 24.3 Å². The molecule has 0 unspecified atom stereocenters. The van der Waals surface area contributed by atoms with Gasteiger partial charge in [0.15, 0.2) is 0 Å². The molecule has 0 fully saturated rings. The van der Waals surface area contributed by atoms with Crippen LogP contribution in [0.4, 0.5) is 5.69 Å². The molecule has 1 aromatic rings. The zero-order valence-electron chi connectivity index (χ0n) is 11.7. The third-order valence-corrected chi connectivity index (χ3v) is 3.74. The average Bonchev–Trinajstić information content (AvgIpc) is 2.16. The third-order valence-electron chi connectivity index (χ3n) is 3.74. The van der Waals surface area contributed by atoms with Gasteiger partial charge in [-0.1, -0.05) is 33.3 Å². The molecule has 0 radical (unpaired) electrons. The van der Waals surface area contributed by atoms with Crippen LogP contribution in [0.2, 0.25) is 0 Å². The zero-order valence-corrected chi connectivity index (χ0v) is 11.7. The van der Waals surface area contributed by atoms with Crippen molar-refractivity contribution in [2.24, 2.45) is 5.41 Å². The number of rotatable bonds is 5. The summed E-state index contributed by atoms with van der Waals surface area (Å²) in [6.07, 6.45) is 2.30. The Hall–Kier alpha value is -1.18. The van der Waals surface area contributed by atoms with Crippen LogP contribution >= 0.6 is 0 Å². The van der Waals surface area contributed by atoms with Gasteiger partial charge in [0.2, 0.25) is 0 Å². The lowest BCUT2D eigenvalue weighted by molar-refractivity contribution is -0.0162. The van der Waals surface area contributed by atoms with Gasteiger partial charge in [-0.15, -0.1) is 0 Å². The van der Waals surface area contributed by atoms with Crippen molar-refractivity contribution in [3.05, 3.63) is 24.3 Å². The molecule has 0 aliphatic rings. The molecule has 2 N–H and O–H groups in total. The van der Waals surface area contributed by atoms with Crippen LogP contribution in [0.25, 0.3) is 0 Å². The van der Waals surface area contributed by atoms with Gasteiger partial charge in [0, 0.05) is 17.2 Å². The topological polar surface area (TPSA) is 35.2 Å². The molecule has 0 aromatic heterocycles. The van der Waals surface area contributed by atoms with E-state index in [1.165, 1.54) is 0 Å². The van der Waals surface area contributed by atoms with E-state index in [-0.39, 0.29) is 11.0 Å². The molecule has 1 rings (SSSR count). The monoisotopic (exact) mass is 235 g/mol. The van der Waals surface area contributed by atoms with Crippen LogP contribution in [0, 0.1) is 5.41 Å². The van der Waals surface area contributed by atoms with E-state index in [2.05, 4.69) is 34.6 Å². The van der Waals surface area contributed by atoms with Gasteiger partial charge in [0.05, 0.1) is 0 Å². The standard InChI is InChI=1S/C15H25NO/c1-6-10-14(2,3)15(4,5)17-13-9-7-8-12(16)11-13/h7-9,11H,6,10,16H2,1-5H3. The zero-order chi connectivity index (χ0) is 13.1. The van der Waals surface area contributed by atoms with Gasteiger partial charge in [-0.2, -0.15) is 0 Å². The van der Waals surface area contributed by atoms with Crippen LogP contribution in [0.1, 0.15) is 47.5 Å². The van der Waals surface area contributed by atoms with Gasteiger partial charge >= 0.3 is 0 Å². The molecule has 0 saturated carbocycles. The first-order valence-corrected chi connectivity index (χ1v) is 6.33. The van der Waals surface area contributed by atoms with Crippen molar-refractivity contribution < 1.29 is 4.74 Å². The number of nitrogens with two attached hydrogens (primary N) is 1. The summed E-state index contributed by atoms with van der Waals surface area (Å²) in [7, 11) is 0. The van der Waals surface area contributed by atoms with Gasteiger partial charge in [-0.05, 0) is 32.4 Å². The van der Waals surface area contributed by atoms with Crippen molar-refractivity contribution in [3.8, 4) is 5.75 Å². The van der Waals surface area contributed by atoms with E-state index in [1.807, 2.05) is 24.3 Å². The van der Waals surface area contributed by atoms with Gasteiger partial charge in [-0.25, -0.2) is 0 Å². The maximum absolute atomic E-state index is 6.12. The molecule has 2 heteroatoms. The summed E-state index contributed by atoms with van der Waals surface area (Å²) in [5.74, 6) is 0.846. The molecule has 2 nitrogen and oxygen atoms in total. The number of anilines is 1. The van der Waals surface area contributed by atoms with E-state index < -0.39 is 0 Å². The van der Waals surface area contributed by atoms with Crippen LogP contribution in [-0.4, -0.2) is 5.60 Å². The lowest BCUT2D eigenvalue weighted by Crippen LogP contribution is -2.44. The van der Waals surface area contributed by atoms with Crippen molar-refractivity contribution in [1.29, 1.82) is 0 Å². The first-order valence-electron chi connectivity index (χ1n) is 6.33. The molecule has 0 spiro atoms. The number of ether oxygens (including phenoxy) is 1. The number of nitrogen functional groups attached to an aromatic ring is 1. The Bertz CT molecular complexity index is 369. The molecule has 0 bridgehead atoms. The van der Waals surface area contributed by atoms with Crippen molar-refractivity contribution in [3.63, 3.8) is 0 Å². The maximum Gasteiger partial charge on any atom is 0.122 e. The minimum atomic E-state index is -0.212. The number of benzene rings is 1. The highest BCUT2D eigenvalue weighted by molar-refractivity contribution is 5.43. The summed E-state index contributed by atoms with van der Waals surface area (Å²) in [6, 6.07) is 7.63. The molecule has 0 aliphatic carbocycles. The van der Waals surface area contributed by atoms with Crippen LogP contribution in [0.3, 0.4) is 0 Å². The minimum absolute atomic E-state index is 0.131. The molecule has 17 heavy (non-hydrogen) atoms. The highest BCUT2D eigenvalue weighted by Gasteiger charge is 2.38. The summed E-state index contributed by atoms with van der Waals surface area (Å²) in [5.41, 5.74) is 6.43. The normalized spacial score (nSPS) is 12.5. The Labute approximate surface area is 105 Å². The second-order valence-corrected chi connectivity index (χ2v) is 5.82. The Kier molecular flexibility index (Phi) is 4.07. The predicted molar refractivity (Wildman–Crippen MR) is 74.3 cm³/mol. The number of hydrogen-bond acceptors (Lipinski definition) is 2. The van der Waals surface area contributed by atoms with E-state index in [0.29, 0.717) is 0 Å². The highest BCUT2D eigenvalue weighted by atomic mass is 16.5. The third kappa shape index (κ3) is 3.39. The van der Waals surface area contributed by atoms with Crippen LogP contribution < -0.4 is 10.5 Å². The smallest absolute Gasteiger partial charge is 0.122 e. The first kappa shape index (κ1) is 13.9. The molecule has 0 heterocycles. The van der Waals surface area contributed by atoms with Gasteiger partial charge in [0.1, 0.15) is 11.4 Å². The van der Waals surface area contributed by atoms with E-state index in [0.717, 1.165) is 24.3 Å². The highest BCUT2D eigenvalue weighted by Crippen LogP contribution is 2.38. The van der Waals surface area contributed by atoms with Gasteiger partial charge in [-0.3, -0.25) is 0 Å².